The lowest BCUT2D eigenvalue weighted by atomic mass is 10.1. The van der Waals surface area contributed by atoms with Crippen molar-refractivity contribution in [2.24, 2.45) is 0 Å². The van der Waals surface area contributed by atoms with Crippen LogP contribution in [0.3, 0.4) is 0 Å². The summed E-state index contributed by atoms with van der Waals surface area (Å²) < 4.78 is 44.7. The van der Waals surface area contributed by atoms with Gasteiger partial charge in [-0.05, 0) is 60.0 Å². The number of methoxy groups -OCH3 is 2. The number of thiophene rings is 1. The van der Waals surface area contributed by atoms with Crippen molar-refractivity contribution >= 4 is 33.3 Å². The summed E-state index contributed by atoms with van der Waals surface area (Å²) in [7, 11) is -0.710. The van der Waals surface area contributed by atoms with Crippen LogP contribution >= 0.6 is 11.3 Å². The van der Waals surface area contributed by atoms with E-state index < -0.39 is 10.0 Å². The second kappa shape index (κ2) is 14.5. The van der Waals surface area contributed by atoms with E-state index in [0.717, 1.165) is 28.8 Å². The van der Waals surface area contributed by atoms with Gasteiger partial charge in [0, 0.05) is 30.0 Å². The molecule has 40 heavy (non-hydrogen) atoms. The molecule has 3 aromatic rings. The highest BCUT2D eigenvalue weighted by Gasteiger charge is 2.29. The molecule has 0 aliphatic carbocycles. The Bertz CT molecular complexity index is 1350. The minimum Gasteiger partial charge on any atom is -0.493 e. The van der Waals surface area contributed by atoms with Gasteiger partial charge in [0.05, 0.1) is 33.4 Å². The van der Waals surface area contributed by atoms with E-state index in [2.05, 4.69) is 0 Å². The molecule has 1 aliphatic heterocycles. The molecule has 0 saturated carbocycles. The number of ether oxygens (including phenoxy) is 3. The van der Waals surface area contributed by atoms with Crippen LogP contribution in [-0.2, 0) is 32.5 Å². The van der Waals surface area contributed by atoms with Crippen LogP contribution in [0.25, 0.3) is 6.08 Å². The number of hydrogen-bond acceptors (Lipinski definition) is 7. The molecule has 0 radical (unpaired) electrons. The summed E-state index contributed by atoms with van der Waals surface area (Å²) in [5, 5.41) is 3.15. The molecule has 10 heteroatoms. The molecule has 1 amide bonds. The number of sulfonamides is 1. The van der Waals surface area contributed by atoms with Crippen molar-refractivity contribution in [3.05, 3.63) is 87.5 Å². The zero-order chi connectivity index (χ0) is 28.4. The van der Waals surface area contributed by atoms with Gasteiger partial charge >= 0.3 is 0 Å². The maximum Gasteiger partial charge on any atom is 0.238 e. The van der Waals surface area contributed by atoms with Crippen LogP contribution in [-0.4, -0.2) is 70.1 Å². The van der Waals surface area contributed by atoms with Gasteiger partial charge in [-0.2, -0.15) is 4.31 Å². The van der Waals surface area contributed by atoms with E-state index >= 15 is 0 Å². The van der Waals surface area contributed by atoms with E-state index in [9.17, 15) is 13.2 Å². The highest BCUT2D eigenvalue weighted by Crippen LogP contribution is 2.28. The molecule has 1 unspecified atom stereocenters. The SMILES string of the molecule is COc1ccc(CCN(Cc2cccs2)C(=O)CN(CC2CCCO2)S(=O)(=O)/C=C/c2ccccc2)cc1OC. The van der Waals surface area contributed by atoms with Crippen LogP contribution in [0.4, 0.5) is 0 Å². The number of carbonyl (C=O) groups excluding carboxylic acids is 1. The van der Waals surface area contributed by atoms with Crippen LogP contribution in [0.5, 0.6) is 11.5 Å². The fourth-order valence-corrected chi connectivity index (χ4v) is 6.41. The Labute approximate surface area is 240 Å². The van der Waals surface area contributed by atoms with Gasteiger partial charge in [-0.25, -0.2) is 8.42 Å². The first-order valence-corrected chi connectivity index (χ1v) is 15.6. The average Bonchev–Trinajstić information content (AvgIpc) is 3.69. The van der Waals surface area contributed by atoms with Crippen molar-refractivity contribution in [3.8, 4) is 11.5 Å². The maximum absolute atomic E-state index is 13.7. The molecule has 1 aliphatic rings. The Morgan fingerprint density at radius 1 is 1.07 bits per heavy atom. The van der Waals surface area contributed by atoms with Crippen molar-refractivity contribution in [2.75, 3.05) is 40.5 Å². The zero-order valence-electron chi connectivity index (χ0n) is 22.9. The largest absolute Gasteiger partial charge is 0.493 e. The third-order valence-corrected chi connectivity index (χ3v) is 9.07. The number of hydrogen-bond donors (Lipinski definition) is 0. The first-order chi connectivity index (χ1) is 19.4. The molecular weight excluding hydrogens is 548 g/mol. The molecule has 8 nitrogen and oxygen atoms in total. The minimum absolute atomic E-state index is 0.135. The average molecular weight is 585 g/mol. The molecule has 1 atom stereocenters. The molecule has 1 fully saturated rings. The van der Waals surface area contributed by atoms with Crippen LogP contribution in [0.15, 0.2) is 71.5 Å². The number of nitrogens with zero attached hydrogens (tertiary/aromatic N) is 2. The summed E-state index contributed by atoms with van der Waals surface area (Å²) in [6.07, 6.45) is 3.54. The predicted octanol–water partition coefficient (Wildman–Crippen LogP) is 4.82. The molecule has 214 valence electrons. The standard InChI is InChI=1S/C30H36N2O6S2/c1-36-28-13-12-25(20-29(28)37-2)14-16-31(22-27-11-7-18-39-27)30(33)23-32(21-26-10-6-17-38-26)40(34,35)19-15-24-8-4-3-5-9-24/h3-5,7-9,11-13,15,18-20,26H,6,10,14,16-17,21-23H2,1-2H3/b19-15+. The first-order valence-electron chi connectivity index (χ1n) is 13.2. The van der Waals surface area contributed by atoms with E-state index in [4.69, 9.17) is 14.2 Å². The fourth-order valence-electron chi connectivity index (χ4n) is 4.52. The van der Waals surface area contributed by atoms with Gasteiger partial charge in [-0.15, -0.1) is 11.3 Å². The van der Waals surface area contributed by atoms with Crippen LogP contribution < -0.4 is 9.47 Å². The second-order valence-corrected chi connectivity index (χ2v) is 12.4. The molecule has 1 aromatic heterocycles. The summed E-state index contributed by atoms with van der Waals surface area (Å²) in [6.45, 7) is 1.29. The zero-order valence-corrected chi connectivity index (χ0v) is 24.5. The summed E-state index contributed by atoms with van der Waals surface area (Å²) in [6, 6.07) is 18.8. The molecule has 4 rings (SSSR count). The molecule has 0 bridgehead atoms. The molecule has 2 heterocycles. The monoisotopic (exact) mass is 584 g/mol. The Morgan fingerprint density at radius 2 is 1.88 bits per heavy atom. The van der Waals surface area contributed by atoms with Gasteiger partial charge in [-0.1, -0.05) is 42.5 Å². The molecule has 2 aromatic carbocycles. The summed E-state index contributed by atoms with van der Waals surface area (Å²) in [5.41, 5.74) is 1.75. The smallest absolute Gasteiger partial charge is 0.238 e. The van der Waals surface area contributed by atoms with Gasteiger partial charge < -0.3 is 19.1 Å². The van der Waals surface area contributed by atoms with E-state index in [0.29, 0.717) is 37.6 Å². The van der Waals surface area contributed by atoms with Gasteiger partial charge in [0.25, 0.3) is 0 Å². The van der Waals surface area contributed by atoms with Crippen LogP contribution in [0.1, 0.15) is 28.8 Å². The highest BCUT2D eigenvalue weighted by atomic mass is 32.2. The summed E-state index contributed by atoms with van der Waals surface area (Å²) in [5.74, 6) is 0.995. The normalized spacial score (nSPS) is 15.5. The highest BCUT2D eigenvalue weighted by molar-refractivity contribution is 7.92. The van der Waals surface area contributed by atoms with Crippen molar-refractivity contribution in [1.82, 2.24) is 9.21 Å². The molecule has 0 N–H and O–H groups in total. The minimum atomic E-state index is -3.88. The number of carbonyl (C=O) groups is 1. The lowest BCUT2D eigenvalue weighted by Crippen LogP contribution is -2.45. The Kier molecular flexibility index (Phi) is 10.8. The number of amides is 1. The van der Waals surface area contributed by atoms with Crippen molar-refractivity contribution < 1.29 is 27.4 Å². The first kappa shape index (κ1) is 29.8. The Hall–Kier alpha value is -3.18. The predicted molar refractivity (Wildman–Crippen MR) is 158 cm³/mol. The van der Waals surface area contributed by atoms with Gasteiger partial charge in [0.2, 0.25) is 15.9 Å². The van der Waals surface area contributed by atoms with Crippen LogP contribution in [0, 0.1) is 0 Å². The van der Waals surface area contributed by atoms with Gasteiger partial charge in [0.15, 0.2) is 11.5 Å². The lowest BCUT2D eigenvalue weighted by Gasteiger charge is -2.28. The number of benzene rings is 2. The van der Waals surface area contributed by atoms with Crippen LogP contribution in [0.2, 0.25) is 0 Å². The maximum atomic E-state index is 13.7. The van der Waals surface area contributed by atoms with Gasteiger partial charge in [-0.3, -0.25) is 4.79 Å². The van der Waals surface area contributed by atoms with Crippen molar-refractivity contribution in [3.63, 3.8) is 0 Å². The fraction of sp³-hybridized carbons (Fsp3) is 0.367. The van der Waals surface area contributed by atoms with Crippen molar-refractivity contribution in [1.29, 1.82) is 0 Å². The third-order valence-electron chi connectivity index (χ3n) is 6.73. The van der Waals surface area contributed by atoms with E-state index in [1.54, 1.807) is 36.5 Å². The van der Waals surface area contributed by atoms with E-state index in [1.807, 2.05) is 66.0 Å². The molecular formula is C30H36N2O6S2. The Balaban J connectivity index is 1.53. The topological polar surface area (TPSA) is 85.4 Å². The Morgan fingerprint density at radius 3 is 2.55 bits per heavy atom. The van der Waals surface area contributed by atoms with E-state index in [-0.39, 0.29) is 25.1 Å². The van der Waals surface area contributed by atoms with Gasteiger partial charge in [0.1, 0.15) is 0 Å². The summed E-state index contributed by atoms with van der Waals surface area (Å²) >= 11 is 1.56. The third kappa shape index (κ3) is 8.41. The van der Waals surface area contributed by atoms with E-state index in [1.165, 1.54) is 9.71 Å². The molecule has 0 spiro atoms. The lowest BCUT2D eigenvalue weighted by molar-refractivity contribution is -0.132. The quantitative estimate of drug-likeness (QED) is 0.270. The second-order valence-electron chi connectivity index (χ2n) is 9.52. The number of rotatable bonds is 14. The molecule has 1 saturated heterocycles. The summed E-state index contributed by atoms with van der Waals surface area (Å²) in [4.78, 5) is 16.5. The van der Waals surface area contributed by atoms with Crippen molar-refractivity contribution in [2.45, 2.75) is 31.9 Å².